The van der Waals surface area contributed by atoms with Crippen molar-refractivity contribution < 1.29 is 14.7 Å². The van der Waals surface area contributed by atoms with Gasteiger partial charge in [-0.1, -0.05) is 6.07 Å². The largest absolute Gasteiger partial charge is 0.481 e. The van der Waals surface area contributed by atoms with E-state index in [9.17, 15) is 14.7 Å². The normalized spacial score (nSPS) is 31.4. The molecule has 0 radical (unpaired) electrons. The second-order valence-corrected chi connectivity index (χ2v) is 7.73. The summed E-state index contributed by atoms with van der Waals surface area (Å²) in [5, 5.41) is 14.3. The number of thiophene rings is 1. The van der Waals surface area contributed by atoms with Gasteiger partial charge in [-0.25, -0.2) is 0 Å². The van der Waals surface area contributed by atoms with Gasteiger partial charge in [-0.2, -0.15) is 0 Å². The molecule has 0 saturated heterocycles. The van der Waals surface area contributed by atoms with E-state index in [1.165, 1.54) is 11.8 Å². The summed E-state index contributed by atoms with van der Waals surface area (Å²) in [5.41, 5.74) is 0. The Kier molecular flexibility index (Phi) is 4.03. The molecule has 6 heteroatoms. The molecule has 20 heavy (non-hydrogen) atoms. The van der Waals surface area contributed by atoms with Crippen LogP contribution in [-0.4, -0.2) is 28.8 Å². The molecule has 1 aromatic heterocycles. The van der Waals surface area contributed by atoms with E-state index in [0.717, 1.165) is 23.5 Å². The standard InChI is InChI=1S/C14H17NO3S2/c16-10(7-20-11-2-1-5-19-11)15-13-9-4-3-8(6-9)12(13)14(17)18/h1-2,5,8-9,12-13H,3-4,6-7H2,(H,15,16)(H,17,18). The molecule has 4 nitrogen and oxygen atoms in total. The molecule has 2 aliphatic rings. The van der Waals surface area contributed by atoms with Crippen LogP contribution < -0.4 is 5.32 Å². The van der Waals surface area contributed by atoms with E-state index in [1.807, 2.05) is 17.5 Å². The Morgan fingerprint density at radius 3 is 2.90 bits per heavy atom. The molecule has 0 aromatic carbocycles. The Morgan fingerprint density at radius 1 is 1.40 bits per heavy atom. The highest BCUT2D eigenvalue weighted by molar-refractivity contribution is 8.01. The van der Waals surface area contributed by atoms with E-state index in [0.29, 0.717) is 11.7 Å². The highest BCUT2D eigenvalue weighted by Crippen LogP contribution is 2.48. The van der Waals surface area contributed by atoms with E-state index in [1.54, 1.807) is 11.3 Å². The van der Waals surface area contributed by atoms with E-state index in [-0.39, 0.29) is 23.8 Å². The number of carboxylic acid groups (broad SMARTS) is 1. The van der Waals surface area contributed by atoms with Gasteiger partial charge < -0.3 is 10.4 Å². The molecule has 2 bridgehead atoms. The minimum absolute atomic E-state index is 0.0489. The molecule has 1 amide bonds. The third-order valence-electron chi connectivity index (χ3n) is 4.37. The summed E-state index contributed by atoms with van der Waals surface area (Å²) >= 11 is 3.12. The number of carbonyl (C=O) groups is 2. The molecule has 2 N–H and O–H groups in total. The summed E-state index contributed by atoms with van der Waals surface area (Å²) in [6, 6.07) is 3.78. The molecule has 2 aliphatic carbocycles. The Morgan fingerprint density at radius 2 is 2.20 bits per heavy atom. The summed E-state index contributed by atoms with van der Waals surface area (Å²) in [6.07, 6.45) is 3.01. The average Bonchev–Trinajstić information content (AvgIpc) is 3.12. The van der Waals surface area contributed by atoms with Gasteiger partial charge in [0.2, 0.25) is 5.91 Å². The molecule has 2 saturated carbocycles. The first-order valence-electron chi connectivity index (χ1n) is 6.83. The van der Waals surface area contributed by atoms with E-state index < -0.39 is 5.97 Å². The summed E-state index contributed by atoms with van der Waals surface area (Å²) < 4.78 is 1.11. The third-order valence-corrected chi connectivity index (χ3v) is 6.50. The van der Waals surface area contributed by atoms with Crippen molar-refractivity contribution in [2.24, 2.45) is 17.8 Å². The molecule has 1 aromatic rings. The van der Waals surface area contributed by atoms with Crippen molar-refractivity contribution in [2.45, 2.75) is 29.5 Å². The van der Waals surface area contributed by atoms with Gasteiger partial charge in [0.25, 0.3) is 0 Å². The molecule has 0 spiro atoms. The highest BCUT2D eigenvalue weighted by Gasteiger charge is 2.51. The van der Waals surface area contributed by atoms with Gasteiger partial charge in [0.15, 0.2) is 0 Å². The van der Waals surface area contributed by atoms with Crippen LogP contribution in [0.25, 0.3) is 0 Å². The smallest absolute Gasteiger partial charge is 0.308 e. The lowest BCUT2D eigenvalue weighted by atomic mass is 9.84. The van der Waals surface area contributed by atoms with E-state index in [2.05, 4.69) is 5.32 Å². The van der Waals surface area contributed by atoms with Crippen molar-refractivity contribution in [2.75, 3.05) is 5.75 Å². The molecule has 4 atom stereocenters. The van der Waals surface area contributed by atoms with Gasteiger partial charge in [-0.3, -0.25) is 9.59 Å². The first kappa shape index (κ1) is 13.9. The number of rotatable bonds is 5. The van der Waals surface area contributed by atoms with Crippen LogP contribution in [0.15, 0.2) is 21.7 Å². The fourth-order valence-electron chi connectivity index (χ4n) is 3.56. The zero-order valence-electron chi connectivity index (χ0n) is 11.0. The Bertz CT molecular complexity index is 503. The maximum atomic E-state index is 12.0. The van der Waals surface area contributed by atoms with Crippen LogP contribution in [0.5, 0.6) is 0 Å². The molecular formula is C14H17NO3S2. The molecule has 2 fully saturated rings. The second kappa shape index (κ2) is 5.77. The van der Waals surface area contributed by atoms with Crippen molar-refractivity contribution in [3.05, 3.63) is 17.5 Å². The van der Waals surface area contributed by atoms with Crippen LogP contribution >= 0.6 is 23.1 Å². The highest BCUT2D eigenvalue weighted by atomic mass is 32.2. The van der Waals surface area contributed by atoms with Crippen molar-refractivity contribution in [3.63, 3.8) is 0 Å². The lowest BCUT2D eigenvalue weighted by Gasteiger charge is -2.28. The number of hydrogen-bond acceptors (Lipinski definition) is 4. The lowest BCUT2D eigenvalue weighted by molar-refractivity contribution is -0.144. The summed E-state index contributed by atoms with van der Waals surface area (Å²) in [5.74, 6) is -0.213. The maximum absolute atomic E-state index is 12.0. The molecule has 1 heterocycles. The average molecular weight is 311 g/mol. The summed E-state index contributed by atoms with van der Waals surface area (Å²) in [6.45, 7) is 0. The van der Waals surface area contributed by atoms with Crippen LogP contribution in [0.4, 0.5) is 0 Å². The van der Waals surface area contributed by atoms with Gasteiger partial charge in [-0.15, -0.1) is 23.1 Å². The first-order valence-corrected chi connectivity index (χ1v) is 8.70. The number of carboxylic acids is 1. The Balaban J connectivity index is 1.56. The predicted octanol–water partition coefficient (Wildman–Crippen LogP) is 2.46. The molecular weight excluding hydrogens is 294 g/mol. The Hall–Kier alpha value is -1.01. The fourth-order valence-corrected chi connectivity index (χ4v) is 5.16. The number of amides is 1. The first-order chi connectivity index (χ1) is 9.65. The second-order valence-electron chi connectivity index (χ2n) is 5.51. The van der Waals surface area contributed by atoms with Crippen molar-refractivity contribution >= 4 is 35.0 Å². The minimum atomic E-state index is -0.756. The van der Waals surface area contributed by atoms with Crippen LogP contribution in [0, 0.1) is 17.8 Å². The number of thioether (sulfide) groups is 1. The number of fused-ring (bicyclic) bond motifs is 2. The van der Waals surface area contributed by atoms with Crippen LogP contribution in [-0.2, 0) is 9.59 Å². The number of hydrogen-bond donors (Lipinski definition) is 2. The van der Waals surface area contributed by atoms with Gasteiger partial charge in [0, 0.05) is 6.04 Å². The number of aliphatic carboxylic acids is 1. The fraction of sp³-hybridized carbons (Fsp3) is 0.571. The van der Waals surface area contributed by atoms with Crippen LogP contribution in [0.2, 0.25) is 0 Å². The number of carbonyl (C=O) groups excluding carboxylic acids is 1. The zero-order valence-corrected chi connectivity index (χ0v) is 12.6. The maximum Gasteiger partial charge on any atom is 0.308 e. The van der Waals surface area contributed by atoms with Crippen LogP contribution in [0.1, 0.15) is 19.3 Å². The van der Waals surface area contributed by atoms with E-state index in [4.69, 9.17) is 0 Å². The van der Waals surface area contributed by atoms with Gasteiger partial charge in [0.1, 0.15) is 0 Å². The zero-order chi connectivity index (χ0) is 14.1. The van der Waals surface area contributed by atoms with Crippen molar-refractivity contribution in [1.82, 2.24) is 5.32 Å². The summed E-state index contributed by atoms with van der Waals surface area (Å²) in [7, 11) is 0. The van der Waals surface area contributed by atoms with Gasteiger partial charge in [-0.05, 0) is 42.5 Å². The SMILES string of the molecule is O=C(CSc1cccs1)NC1C2CCC(C2)C1C(=O)O. The predicted molar refractivity (Wildman–Crippen MR) is 78.9 cm³/mol. The topological polar surface area (TPSA) is 66.4 Å². The molecule has 108 valence electrons. The van der Waals surface area contributed by atoms with Gasteiger partial charge >= 0.3 is 5.97 Å². The third kappa shape index (κ3) is 2.72. The van der Waals surface area contributed by atoms with Crippen LogP contribution in [0.3, 0.4) is 0 Å². The molecule has 0 aliphatic heterocycles. The van der Waals surface area contributed by atoms with Crippen molar-refractivity contribution in [1.29, 1.82) is 0 Å². The minimum Gasteiger partial charge on any atom is -0.481 e. The Labute approximate surface area is 125 Å². The van der Waals surface area contributed by atoms with E-state index >= 15 is 0 Å². The lowest BCUT2D eigenvalue weighted by Crippen LogP contribution is -2.47. The molecule has 3 rings (SSSR count). The van der Waals surface area contributed by atoms with Gasteiger partial charge in [0.05, 0.1) is 15.9 Å². The summed E-state index contributed by atoms with van der Waals surface area (Å²) in [4.78, 5) is 23.4. The molecule has 4 unspecified atom stereocenters. The quantitative estimate of drug-likeness (QED) is 0.820. The van der Waals surface area contributed by atoms with Crippen molar-refractivity contribution in [3.8, 4) is 0 Å². The number of nitrogens with one attached hydrogen (secondary N) is 1. The monoisotopic (exact) mass is 311 g/mol.